The van der Waals surface area contributed by atoms with Crippen LogP contribution in [0.4, 0.5) is 0 Å². The Bertz CT molecular complexity index is 438. The van der Waals surface area contributed by atoms with Crippen molar-refractivity contribution in [3.05, 3.63) is 46.7 Å². The average Bonchev–Trinajstić information content (AvgIpc) is 2.69. The van der Waals surface area contributed by atoms with Crippen molar-refractivity contribution < 1.29 is 0 Å². The first-order valence-electron chi connectivity index (χ1n) is 4.45. The van der Waals surface area contributed by atoms with E-state index in [1.165, 1.54) is 0 Å². The zero-order valence-electron chi connectivity index (χ0n) is 7.90. The van der Waals surface area contributed by atoms with Crippen LogP contribution in [-0.2, 0) is 12.4 Å². The van der Waals surface area contributed by atoms with E-state index in [0.29, 0.717) is 5.88 Å². The van der Waals surface area contributed by atoms with E-state index in [1.54, 1.807) is 12.5 Å². The van der Waals surface area contributed by atoms with Crippen LogP contribution in [0.5, 0.6) is 0 Å². The third-order valence-corrected chi connectivity index (χ3v) is 2.82. The lowest BCUT2D eigenvalue weighted by Crippen LogP contribution is -2.01. The van der Waals surface area contributed by atoms with E-state index < -0.39 is 0 Å². The zero-order chi connectivity index (χ0) is 10.7. The van der Waals surface area contributed by atoms with Gasteiger partial charge < -0.3 is 4.57 Å². The van der Waals surface area contributed by atoms with Crippen LogP contribution in [0.25, 0.3) is 0 Å². The number of rotatable bonds is 3. The maximum absolute atomic E-state index is 5.78. The first-order chi connectivity index (χ1) is 7.29. The Balaban J connectivity index is 2.18. The quantitative estimate of drug-likeness (QED) is 0.642. The van der Waals surface area contributed by atoms with E-state index in [2.05, 4.69) is 25.9 Å². The molecule has 0 aliphatic rings. The van der Waals surface area contributed by atoms with Crippen LogP contribution >= 0.6 is 27.5 Å². The van der Waals surface area contributed by atoms with Crippen LogP contribution in [0.2, 0.25) is 0 Å². The largest absolute Gasteiger partial charge is 0.329 e. The molecule has 2 aromatic heterocycles. The van der Waals surface area contributed by atoms with Crippen molar-refractivity contribution in [2.24, 2.45) is 0 Å². The van der Waals surface area contributed by atoms with Gasteiger partial charge in [0.25, 0.3) is 0 Å². The predicted octanol–water partition coefficient (Wildman–Crippen LogP) is 2.83. The Kier molecular flexibility index (Phi) is 3.38. The summed E-state index contributed by atoms with van der Waals surface area (Å²) in [4.78, 5) is 8.22. The van der Waals surface area contributed by atoms with Crippen LogP contribution in [0.3, 0.4) is 0 Å². The SMILES string of the molecule is ClCc1cncn1Cc1ccc(Br)nc1. The van der Waals surface area contributed by atoms with Gasteiger partial charge in [0, 0.05) is 12.4 Å². The van der Waals surface area contributed by atoms with Gasteiger partial charge in [-0.05, 0) is 27.6 Å². The Hall–Kier alpha value is -0.870. The molecule has 0 unspecified atom stereocenters. The monoisotopic (exact) mass is 285 g/mol. The van der Waals surface area contributed by atoms with Gasteiger partial charge in [-0.2, -0.15) is 0 Å². The number of pyridine rings is 1. The highest BCUT2D eigenvalue weighted by atomic mass is 79.9. The molecule has 0 saturated heterocycles. The Morgan fingerprint density at radius 3 is 2.87 bits per heavy atom. The topological polar surface area (TPSA) is 30.7 Å². The minimum absolute atomic E-state index is 0.476. The van der Waals surface area contributed by atoms with Crippen molar-refractivity contribution in [1.29, 1.82) is 0 Å². The van der Waals surface area contributed by atoms with Crippen LogP contribution in [-0.4, -0.2) is 14.5 Å². The molecule has 78 valence electrons. The number of hydrogen-bond acceptors (Lipinski definition) is 2. The van der Waals surface area contributed by atoms with Crippen LogP contribution in [0.15, 0.2) is 35.5 Å². The van der Waals surface area contributed by atoms with Crippen LogP contribution in [0.1, 0.15) is 11.3 Å². The molecule has 0 radical (unpaired) electrons. The number of hydrogen-bond donors (Lipinski definition) is 0. The van der Waals surface area contributed by atoms with Crippen molar-refractivity contribution in [1.82, 2.24) is 14.5 Å². The van der Waals surface area contributed by atoms with Gasteiger partial charge in [-0.15, -0.1) is 11.6 Å². The molecule has 0 fully saturated rings. The lowest BCUT2D eigenvalue weighted by atomic mass is 10.3. The van der Waals surface area contributed by atoms with Crippen molar-refractivity contribution >= 4 is 27.5 Å². The van der Waals surface area contributed by atoms with Gasteiger partial charge >= 0.3 is 0 Å². The first kappa shape index (κ1) is 10.6. The average molecular weight is 287 g/mol. The molecule has 0 spiro atoms. The molecule has 5 heteroatoms. The maximum Gasteiger partial charge on any atom is 0.106 e. The van der Waals surface area contributed by atoms with Gasteiger partial charge in [0.2, 0.25) is 0 Å². The maximum atomic E-state index is 5.78. The molecule has 2 heterocycles. The van der Waals surface area contributed by atoms with Gasteiger partial charge in [0.05, 0.1) is 24.4 Å². The lowest BCUT2D eigenvalue weighted by molar-refractivity contribution is 0.761. The minimum atomic E-state index is 0.476. The lowest BCUT2D eigenvalue weighted by Gasteiger charge is -2.05. The Morgan fingerprint density at radius 1 is 1.33 bits per heavy atom. The van der Waals surface area contributed by atoms with Gasteiger partial charge in [-0.1, -0.05) is 6.07 Å². The zero-order valence-corrected chi connectivity index (χ0v) is 10.2. The van der Waals surface area contributed by atoms with Crippen molar-refractivity contribution in [2.45, 2.75) is 12.4 Å². The fraction of sp³-hybridized carbons (Fsp3) is 0.200. The fourth-order valence-electron chi connectivity index (χ4n) is 1.30. The normalized spacial score (nSPS) is 10.5. The highest BCUT2D eigenvalue weighted by Crippen LogP contribution is 2.10. The molecule has 0 saturated carbocycles. The fourth-order valence-corrected chi connectivity index (χ4v) is 1.76. The van der Waals surface area contributed by atoms with Crippen molar-refractivity contribution in [3.63, 3.8) is 0 Å². The number of halogens is 2. The Morgan fingerprint density at radius 2 is 2.20 bits per heavy atom. The third-order valence-electron chi connectivity index (χ3n) is 2.08. The van der Waals surface area contributed by atoms with Gasteiger partial charge in [0.15, 0.2) is 0 Å². The first-order valence-corrected chi connectivity index (χ1v) is 5.78. The second kappa shape index (κ2) is 4.77. The van der Waals surface area contributed by atoms with E-state index in [-0.39, 0.29) is 0 Å². The summed E-state index contributed by atoms with van der Waals surface area (Å²) in [7, 11) is 0. The second-order valence-electron chi connectivity index (χ2n) is 3.14. The summed E-state index contributed by atoms with van der Waals surface area (Å²) in [6.07, 6.45) is 5.39. The highest BCUT2D eigenvalue weighted by molar-refractivity contribution is 9.10. The minimum Gasteiger partial charge on any atom is -0.329 e. The molecule has 0 bridgehead atoms. The molecule has 0 aliphatic heterocycles. The van der Waals surface area contributed by atoms with Crippen molar-refractivity contribution in [2.75, 3.05) is 0 Å². The molecule has 3 nitrogen and oxygen atoms in total. The molecule has 0 atom stereocenters. The van der Waals surface area contributed by atoms with Crippen LogP contribution < -0.4 is 0 Å². The summed E-state index contributed by atoms with van der Waals surface area (Å²) in [6, 6.07) is 3.95. The van der Waals surface area contributed by atoms with E-state index >= 15 is 0 Å². The van der Waals surface area contributed by atoms with Gasteiger partial charge in [0.1, 0.15) is 4.60 Å². The number of alkyl halides is 1. The molecule has 2 rings (SSSR count). The van der Waals surface area contributed by atoms with E-state index in [9.17, 15) is 0 Å². The number of nitrogens with zero attached hydrogens (tertiary/aromatic N) is 3. The smallest absolute Gasteiger partial charge is 0.106 e. The molecule has 0 amide bonds. The summed E-state index contributed by atoms with van der Waals surface area (Å²) in [5, 5.41) is 0. The summed E-state index contributed by atoms with van der Waals surface area (Å²) < 4.78 is 2.85. The number of aromatic nitrogens is 3. The molecular weight excluding hydrogens is 277 g/mol. The molecular formula is C10H9BrClN3. The molecule has 15 heavy (non-hydrogen) atoms. The highest BCUT2D eigenvalue weighted by Gasteiger charge is 2.01. The molecule has 0 aliphatic carbocycles. The predicted molar refractivity (Wildman–Crippen MR) is 62.8 cm³/mol. The summed E-state index contributed by atoms with van der Waals surface area (Å²) in [6.45, 7) is 0.752. The Labute approximate surface area is 101 Å². The van der Waals surface area contributed by atoms with Crippen molar-refractivity contribution in [3.8, 4) is 0 Å². The summed E-state index contributed by atoms with van der Waals surface area (Å²) in [5.74, 6) is 0.476. The van der Waals surface area contributed by atoms with Gasteiger partial charge in [-0.25, -0.2) is 9.97 Å². The standard InChI is InChI=1S/C10H9BrClN3/c11-10-2-1-8(4-14-10)6-15-7-13-5-9(15)3-12/h1-2,4-5,7H,3,6H2. The molecule has 0 aromatic carbocycles. The van der Waals surface area contributed by atoms with Gasteiger partial charge in [-0.3, -0.25) is 0 Å². The number of imidazole rings is 1. The van der Waals surface area contributed by atoms with E-state index in [4.69, 9.17) is 11.6 Å². The third kappa shape index (κ3) is 2.58. The summed E-state index contributed by atoms with van der Waals surface area (Å²) >= 11 is 9.08. The molecule has 0 N–H and O–H groups in total. The molecule has 2 aromatic rings. The summed E-state index contributed by atoms with van der Waals surface area (Å²) in [5.41, 5.74) is 2.14. The van der Waals surface area contributed by atoms with E-state index in [1.807, 2.05) is 22.9 Å². The van der Waals surface area contributed by atoms with E-state index in [0.717, 1.165) is 22.4 Å². The van der Waals surface area contributed by atoms with Crippen LogP contribution in [0, 0.1) is 0 Å². The second-order valence-corrected chi connectivity index (χ2v) is 4.22.